The number of aliphatic carboxylic acids is 1. The van der Waals surface area contributed by atoms with Crippen molar-refractivity contribution in [2.45, 2.75) is 50.7 Å². The molecule has 6 heteroatoms. The molecule has 1 aliphatic carbocycles. The SMILES string of the molecule is COC1CCCC(n2cc(CCC(=O)O)nn2)C1. The Labute approximate surface area is 106 Å². The summed E-state index contributed by atoms with van der Waals surface area (Å²) in [6.45, 7) is 0. The minimum Gasteiger partial charge on any atom is -0.481 e. The largest absolute Gasteiger partial charge is 0.481 e. The standard InChI is InChI=1S/C12H19N3O3/c1-18-11-4-2-3-10(7-11)15-8-9(13-14-15)5-6-12(16)17/h8,10-11H,2-7H2,1H3,(H,16,17). The molecule has 0 bridgehead atoms. The van der Waals surface area contributed by atoms with Gasteiger partial charge in [0.1, 0.15) is 0 Å². The predicted octanol–water partition coefficient (Wildman–Crippen LogP) is 1.43. The highest BCUT2D eigenvalue weighted by molar-refractivity contribution is 5.66. The lowest BCUT2D eigenvalue weighted by atomic mass is 9.93. The van der Waals surface area contributed by atoms with E-state index in [1.54, 1.807) is 7.11 Å². The molecule has 1 heterocycles. The molecule has 1 saturated carbocycles. The van der Waals surface area contributed by atoms with Gasteiger partial charge < -0.3 is 9.84 Å². The summed E-state index contributed by atoms with van der Waals surface area (Å²) in [4.78, 5) is 10.5. The first-order valence-corrected chi connectivity index (χ1v) is 6.34. The van der Waals surface area contributed by atoms with Crippen molar-refractivity contribution in [1.82, 2.24) is 15.0 Å². The van der Waals surface area contributed by atoms with Crippen LogP contribution in [-0.2, 0) is 16.0 Å². The van der Waals surface area contributed by atoms with Crippen LogP contribution in [0.3, 0.4) is 0 Å². The van der Waals surface area contributed by atoms with Crippen LogP contribution in [0.5, 0.6) is 0 Å². The molecular weight excluding hydrogens is 234 g/mol. The van der Waals surface area contributed by atoms with E-state index in [0.29, 0.717) is 18.6 Å². The number of carbonyl (C=O) groups is 1. The fourth-order valence-corrected chi connectivity index (χ4v) is 2.42. The van der Waals surface area contributed by atoms with E-state index in [1.165, 1.54) is 0 Å². The summed E-state index contributed by atoms with van der Waals surface area (Å²) < 4.78 is 7.25. The fourth-order valence-electron chi connectivity index (χ4n) is 2.42. The van der Waals surface area contributed by atoms with Crippen molar-refractivity contribution in [3.05, 3.63) is 11.9 Å². The van der Waals surface area contributed by atoms with Gasteiger partial charge in [0.15, 0.2) is 0 Å². The highest BCUT2D eigenvalue weighted by atomic mass is 16.5. The molecule has 0 radical (unpaired) electrons. The maximum atomic E-state index is 10.5. The number of methoxy groups -OCH3 is 1. The average molecular weight is 253 g/mol. The van der Waals surface area contributed by atoms with Gasteiger partial charge in [-0.1, -0.05) is 5.21 Å². The second-order valence-corrected chi connectivity index (χ2v) is 4.76. The predicted molar refractivity (Wildman–Crippen MR) is 64.3 cm³/mol. The number of ether oxygens (including phenoxy) is 1. The Balaban J connectivity index is 1.94. The number of carboxylic acids is 1. The number of aryl methyl sites for hydroxylation is 1. The van der Waals surface area contributed by atoms with Gasteiger partial charge in [0.05, 0.1) is 24.3 Å². The van der Waals surface area contributed by atoms with Crippen LogP contribution < -0.4 is 0 Å². The lowest BCUT2D eigenvalue weighted by Gasteiger charge is -2.27. The van der Waals surface area contributed by atoms with Crippen molar-refractivity contribution in [1.29, 1.82) is 0 Å². The number of hydrogen-bond donors (Lipinski definition) is 1. The molecule has 6 nitrogen and oxygen atoms in total. The van der Waals surface area contributed by atoms with Crippen molar-refractivity contribution >= 4 is 5.97 Å². The Morgan fingerprint density at radius 1 is 1.61 bits per heavy atom. The smallest absolute Gasteiger partial charge is 0.303 e. The number of aromatic nitrogens is 3. The summed E-state index contributed by atoms with van der Waals surface area (Å²) in [6, 6.07) is 0.328. The van der Waals surface area contributed by atoms with Gasteiger partial charge in [0, 0.05) is 19.7 Å². The van der Waals surface area contributed by atoms with Gasteiger partial charge in [0.25, 0.3) is 0 Å². The van der Waals surface area contributed by atoms with Crippen LogP contribution in [0.1, 0.15) is 43.8 Å². The van der Waals surface area contributed by atoms with Gasteiger partial charge in [-0.15, -0.1) is 5.10 Å². The van der Waals surface area contributed by atoms with E-state index < -0.39 is 5.97 Å². The van der Waals surface area contributed by atoms with Crippen LogP contribution in [0.4, 0.5) is 0 Å². The molecule has 0 aliphatic heterocycles. The number of rotatable bonds is 5. The van der Waals surface area contributed by atoms with E-state index in [2.05, 4.69) is 10.3 Å². The second kappa shape index (κ2) is 5.95. The summed E-state index contributed by atoms with van der Waals surface area (Å²) in [5.74, 6) is -0.804. The molecule has 0 amide bonds. The second-order valence-electron chi connectivity index (χ2n) is 4.76. The number of carboxylic acid groups (broad SMARTS) is 1. The molecule has 0 spiro atoms. The highest BCUT2D eigenvalue weighted by Gasteiger charge is 2.23. The first-order valence-electron chi connectivity index (χ1n) is 6.34. The molecule has 1 fully saturated rings. The van der Waals surface area contributed by atoms with E-state index in [0.717, 1.165) is 31.4 Å². The Morgan fingerprint density at radius 3 is 3.17 bits per heavy atom. The summed E-state index contributed by atoms with van der Waals surface area (Å²) in [7, 11) is 1.74. The first kappa shape index (κ1) is 13.0. The molecule has 1 aromatic heterocycles. The van der Waals surface area contributed by atoms with Crippen LogP contribution in [0, 0.1) is 0 Å². The third kappa shape index (κ3) is 3.29. The van der Waals surface area contributed by atoms with Crippen molar-refractivity contribution < 1.29 is 14.6 Å². The van der Waals surface area contributed by atoms with Crippen LogP contribution >= 0.6 is 0 Å². The lowest BCUT2D eigenvalue weighted by molar-refractivity contribution is -0.136. The van der Waals surface area contributed by atoms with E-state index in [-0.39, 0.29) is 6.42 Å². The normalized spacial score (nSPS) is 24.1. The highest BCUT2D eigenvalue weighted by Crippen LogP contribution is 2.29. The zero-order valence-electron chi connectivity index (χ0n) is 10.6. The summed E-state index contributed by atoms with van der Waals surface area (Å²) in [6.07, 6.45) is 6.99. The molecule has 0 aromatic carbocycles. The Hall–Kier alpha value is -1.43. The fraction of sp³-hybridized carbons (Fsp3) is 0.750. The van der Waals surface area contributed by atoms with Crippen molar-refractivity contribution in [3.63, 3.8) is 0 Å². The van der Waals surface area contributed by atoms with Gasteiger partial charge in [-0.05, 0) is 25.7 Å². The lowest BCUT2D eigenvalue weighted by Crippen LogP contribution is -2.24. The van der Waals surface area contributed by atoms with Crippen molar-refractivity contribution in [3.8, 4) is 0 Å². The van der Waals surface area contributed by atoms with Gasteiger partial charge in [0.2, 0.25) is 0 Å². The third-order valence-electron chi connectivity index (χ3n) is 3.46. The molecule has 18 heavy (non-hydrogen) atoms. The van der Waals surface area contributed by atoms with Crippen LogP contribution in [0.2, 0.25) is 0 Å². The average Bonchev–Trinajstić information content (AvgIpc) is 2.85. The topological polar surface area (TPSA) is 77.2 Å². The Kier molecular flexibility index (Phi) is 4.30. The monoisotopic (exact) mass is 253 g/mol. The minimum absolute atomic E-state index is 0.101. The number of nitrogens with zero attached hydrogens (tertiary/aromatic N) is 3. The van der Waals surface area contributed by atoms with Gasteiger partial charge in [-0.2, -0.15) is 0 Å². The van der Waals surface area contributed by atoms with E-state index in [4.69, 9.17) is 9.84 Å². The molecule has 100 valence electrons. The maximum Gasteiger partial charge on any atom is 0.303 e. The zero-order valence-corrected chi connectivity index (χ0v) is 10.6. The molecule has 1 aromatic rings. The molecular formula is C12H19N3O3. The van der Waals surface area contributed by atoms with Gasteiger partial charge >= 0.3 is 5.97 Å². The van der Waals surface area contributed by atoms with Crippen LogP contribution in [-0.4, -0.2) is 39.3 Å². The number of hydrogen-bond acceptors (Lipinski definition) is 4. The Bertz CT molecular complexity index is 405. The molecule has 2 atom stereocenters. The van der Waals surface area contributed by atoms with Gasteiger partial charge in [-0.3, -0.25) is 4.79 Å². The summed E-state index contributed by atoms with van der Waals surface area (Å²) >= 11 is 0. The summed E-state index contributed by atoms with van der Waals surface area (Å²) in [5.41, 5.74) is 0.747. The van der Waals surface area contributed by atoms with E-state index in [1.807, 2.05) is 10.9 Å². The van der Waals surface area contributed by atoms with Crippen molar-refractivity contribution in [2.75, 3.05) is 7.11 Å². The van der Waals surface area contributed by atoms with Crippen LogP contribution in [0.25, 0.3) is 0 Å². The summed E-state index contributed by atoms with van der Waals surface area (Å²) in [5, 5.41) is 16.8. The third-order valence-corrected chi connectivity index (χ3v) is 3.46. The van der Waals surface area contributed by atoms with Gasteiger partial charge in [-0.25, -0.2) is 4.68 Å². The minimum atomic E-state index is -0.804. The van der Waals surface area contributed by atoms with Crippen LogP contribution in [0.15, 0.2) is 6.20 Å². The molecule has 1 aliphatic rings. The zero-order chi connectivity index (χ0) is 13.0. The Morgan fingerprint density at radius 2 is 2.44 bits per heavy atom. The van der Waals surface area contributed by atoms with E-state index >= 15 is 0 Å². The molecule has 2 unspecified atom stereocenters. The van der Waals surface area contributed by atoms with E-state index in [9.17, 15) is 4.79 Å². The molecule has 1 N–H and O–H groups in total. The van der Waals surface area contributed by atoms with Crippen molar-refractivity contribution in [2.24, 2.45) is 0 Å². The quantitative estimate of drug-likeness (QED) is 0.858. The molecule has 0 saturated heterocycles. The molecule has 2 rings (SSSR count). The first-order chi connectivity index (χ1) is 8.69. The maximum absolute atomic E-state index is 10.5.